The third-order valence-electron chi connectivity index (χ3n) is 4.39. The van der Waals surface area contributed by atoms with Gasteiger partial charge in [0.05, 0.1) is 6.04 Å². The standard InChI is InChI=1S/C13H25N3O/c1-4-10(14)12(17)15-11-7-16(9(2)3)8-13(11)5-6-13/h9-11H,4-8,14H2,1-3H3,(H,15,17)/t10-,11-/m0/s1. The lowest BCUT2D eigenvalue weighted by Gasteiger charge is -2.21. The van der Waals surface area contributed by atoms with Crippen LogP contribution in [0.5, 0.6) is 0 Å². The zero-order valence-corrected chi connectivity index (χ0v) is 11.2. The van der Waals surface area contributed by atoms with Gasteiger partial charge in [-0.05, 0) is 33.1 Å². The maximum Gasteiger partial charge on any atom is 0.237 e. The molecule has 1 heterocycles. The summed E-state index contributed by atoms with van der Waals surface area (Å²) < 4.78 is 0. The molecule has 17 heavy (non-hydrogen) atoms. The lowest BCUT2D eigenvalue weighted by molar-refractivity contribution is -0.123. The molecular weight excluding hydrogens is 214 g/mol. The highest BCUT2D eigenvalue weighted by Gasteiger charge is 2.55. The van der Waals surface area contributed by atoms with Gasteiger partial charge in [-0.2, -0.15) is 0 Å². The largest absolute Gasteiger partial charge is 0.350 e. The van der Waals surface area contributed by atoms with Gasteiger partial charge in [0.25, 0.3) is 0 Å². The number of likely N-dealkylation sites (tertiary alicyclic amines) is 1. The maximum absolute atomic E-state index is 11.9. The van der Waals surface area contributed by atoms with Gasteiger partial charge >= 0.3 is 0 Å². The molecule has 2 aliphatic rings. The fourth-order valence-corrected chi connectivity index (χ4v) is 2.73. The van der Waals surface area contributed by atoms with Crippen molar-refractivity contribution in [3.05, 3.63) is 0 Å². The topological polar surface area (TPSA) is 58.4 Å². The highest BCUT2D eigenvalue weighted by atomic mass is 16.2. The highest BCUT2D eigenvalue weighted by Crippen LogP contribution is 2.53. The summed E-state index contributed by atoms with van der Waals surface area (Å²) in [6.45, 7) is 8.51. The third-order valence-corrected chi connectivity index (χ3v) is 4.39. The highest BCUT2D eigenvalue weighted by molar-refractivity contribution is 5.81. The molecule has 1 saturated heterocycles. The first-order valence-electron chi connectivity index (χ1n) is 6.78. The van der Waals surface area contributed by atoms with Crippen molar-refractivity contribution in [2.24, 2.45) is 11.1 Å². The van der Waals surface area contributed by atoms with Crippen molar-refractivity contribution in [1.82, 2.24) is 10.2 Å². The van der Waals surface area contributed by atoms with Crippen LogP contribution in [0.4, 0.5) is 0 Å². The molecule has 2 fully saturated rings. The molecule has 0 radical (unpaired) electrons. The van der Waals surface area contributed by atoms with Crippen molar-refractivity contribution in [2.75, 3.05) is 13.1 Å². The van der Waals surface area contributed by atoms with Gasteiger partial charge < -0.3 is 11.1 Å². The second-order valence-corrected chi connectivity index (χ2v) is 5.96. The Morgan fingerprint density at radius 1 is 1.53 bits per heavy atom. The van der Waals surface area contributed by atoms with Crippen LogP contribution in [0.3, 0.4) is 0 Å². The number of nitrogens with one attached hydrogen (secondary N) is 1. The smallest absolute Gasteiger partial charge is 0.237 e. The van der Waals surface area contributed by atoms with Gasteiger partial charge in [-0.3, -0.25) is 9.69 Å². The Balaban J connectivity index is 1.95. The summed E-state index contributed by atoms with van der Waals surface area (Å²) >= 11 is 0. The van der Waals surface area contributed by atoms with Crippen molar-refractivity contribution in [1.29, 1.82) is 0 Å². The molecule has 0 aromatic carbocycles. The van der Waals surface area contributed by atoms with Crippen LogP contribution in [0.2, 0.25) is 0 Å². The first-order valence-corrected chi connectivity index (χ1v) is 6.78. The van der Waals surface area contributed by atoms with Crippen LogP contribution in [0, 0.1) is 5.41 Å². The Morgan fingerprint density at radius 2 is 2.18 bits per heavy atom. The summed E-state index contributed by atoms with van der Waals surface area (Å²) in [7, 11) is 0. The van der Waals surface area contributed by atoms with Crippen molar-refractivity contribution < 1.29 is 4.79 Å². The van der Waals surface area contributed by atoms with E-state index in [0.717, 1.165) is 13.1 Å². The molecule has 3 N–H and O–H groups in total. The minimum absolute atomic E-state index is 0.0226. The Hall–Kier alpha value is -0.610. The third kappa shape index (κ3) is 2.47. The van der Waals surface area contributed by atoms with Crippen LogP contribution in [-0.2, 0) is 4.79 Å². The van der Waals surface area contributed by atoms with Crippen LogP contribution in [0.25, 0.3) is 0 Å². The monoisotopic (exact) mass is 239 g/mol. The second-order valence-electron chi connectivity index (χ2n) is 5.96. The van der Waals surface area contributed by atoms with E-state index in [1.54, 1.807) is 0 Å². The number of rotatable bonds is 4. The van der Waals surface area contributed by atoms with Gasteiger partial charge in [-0.1, -0.05) is 6.92 Å². The average molecular weight is 239 g/mol. The molecule has 2 atom stereocenters. The molecule has 1 aliphatic heterocycles. The summed E-state index contributed by atoms with van der Waals surface area (Å²) in [6, 6.07) is 0.531. The van der Waals surface area contributed by atoms with E-state index in [2.05, 4.69) is 24.1 Å². The minimum Gasteiger partial charge on any atom is -0.350 e. The Morgan fingerprint density at radius 3 is 2.65 bits per heavy atom. The van der Waals surface area contributed by atoms with Crippen LogP contribution < -0.4 is 11.1 Å². The molecule has 1 amide bonds. The van der Waals surface area contributed by atoms with E-state index in [0.29, 0.717) is 23.9 Å². The van der Waals surface area contributed by atoms with Gasteiger partial charge in [0.15, 0.2) is 0 Å². The fraction of sp³-hybridized carbons (Fsp3) is 0.923. The van der Waals surface area contributed by atoms with Crippen LogP contribution in [-0.4, -0.2) is 42.0 Å². The first-order chi connectivity index (χ1) is 7.98. The van der Waals surface area contributed by atoms with Crippen LogP contribution >= 0.6 is 0 Å². The number of carbonyl (C=O) groups is 1. The zero-order valence-electron chi connectivity index (χ0n) is 11.2. The lowest BCUT2D eigenvalue weighted by Crippen LogP contribution is -2.48. The molecule has 1 aliphatic carbocycles. The number of nitrogens with zero attached hydrogens (tertiary/aromatic N) is 1. The fourth-order valence-electron chi connectivity index (χ4n) is 2.73. The molecule has 0 aromatic heterocycles. The van der Waals surface area contributed by atoms with Gasteiger partial charge in [0.2, 0.25) is 5.91 Å². The van der Waals surface area contributed by atoms with E-state index in [1.165, 1.54) is 12.8 Å². The summed E-state index contributed by atoms with van der Waals surface area (Å²) in [5, 5.41) is 3.16. The van der Waals surface area contributed by atoms with E-state index in [1.807, 2.05) is 6.92 Å². The van der Waals surface area contributed by atoms with E-state index < -0.39 is 0 Å². The van der Waals surface area contributed by atoms with E-state index in [-0.39, 0.29) is 11.9 Å². The van der Waals surface area contributed by atoms with Gasteiger partial charge in [-0.15, -0.1) is 0 Å². The van der Waals surface area contributed by atoms with Crippen molar-refractivity contribution >= 4 is 5.91 Å². The molecule has 2 rings (SSSR count). The number of hydrogen-bond donors (Lipinski definition) is 2. The summed E-state index contributed by atoms with van der Waals surface area (Å²) in [5.74, 6) is 0.0226. The molecule has 4 nitrogen and oxygen atoms in total. The predicted octanol–water partition coefficient (Wildman–Crippen LogP) is 0.713. The molecule has 4 heteroatoms. The molecular formula is C13H25N3O. The summed E-state index contributed by atoms with van der Waals surface area (Å²) in [5.41, 5.74) is 6.14. The average Bonchev–Trinajstić information content (AvgIpc) is 2.96. The summed E-state index contributed by atoms with van der Waals surface area (Å²) in [6.07, 6.45) is 3.21. The normalized spacial score (nSPS) is 28.6. The van der Waals surface area contributed by atoms with Crippen molar-refractivity contribution in [3.63, 3.8) is 0 Å². The summed E-state index contributed by atoms with van der Waals surface area (Å²) in [4.78, 5) is 14.3. The van der Waals surface area contributed by atoms with Gasteiger partial charge in [-0.25, -0.2) is 0 Å². The molecule has 0 unspecified atom stereocenters. The SMILES string of the molecule is CC[C@H](N)C(=O)N[C@H]1CN(C(C)C)CC12CC2. The molecule has 1 spiro atoms. The zero-order chi connectivity index (χ0) is 12.6. The predicted molar refractivity (Wildman–Crippen MR) is 68.6 cm³/mol. The number of amides is 1. The number of hydrogen-bond acceptors (Lipinski definition) is 3. The Bertz CT molecular complexity index is 299. The minimum atomic E-state index is -0.348. The first kappa shape index (κ1) is 12.8. The molecule has 98 valence electrons. The van der Waals surface area contributed by atoms with Crippen LogP contribution in [0.15, 0.2) is 0 Å². The van der Waals surface area contributed by atoms with Gasteiger partial charge in [0.1, 0.15) is 0 Å². The maximum atomic E-state index is 11.9. The Kier molecular flexibility index (Phi) is 3.46. The molecule has 0 aromatic rings. The number of nitrogens with two attached hydrogens (primary N) is 1. The van der Waals surface area contributed by atoms with E-state index >= 15 is 0 Å². The van der Waals surface area contributed by atoms with E-state index in [4.69, 9.17) is 5.73 Å². The van der Waals surface area contributed by atoms with Gasteiger partial charge in [0, 0.05) is 30.6 Å². The molecule has 1 saturated carbocycles. The lowest BCUT2D eigenvalue weighted by atomic mass is 10.0. The number of carbonyl (C=O) groups excluding carboxylic acids is 1. The second kappa shape index (κ2) is 4.58. The van der Waals surface area contributed by atoms with Crippen LogP contribution in [0.1, 0.15) is 40.0 Å². The Labute approximate surface area is 104 Å². The quantitative estimate of drug-likeness (QED) is 0.760. The van der Waals surface area contributed by atoms with Crippen molar-refractivity contribution in [2.45, 2.75) is 58.2 Å². The van der Waals surface area contributed by atoms with Crippen molar-refractivity contribution in [3.8, 4) is 0 Å². The molecule has 0 bridgehead atoms. The van der Waals surface area contributed by atoms with E-state index in [9.17, 15) is 4.79 Å².